The molecule has 0 saturated carbocycles. The summed E-state index contributed by atoms with van der Waals surface area (Å²) in [5.74, 6) is 0.859. The van der Waals surface area contributed by atoms with Crippen LogP contribution in [-0.2, 0) is 6.42 Å². The number of rotatable bonds is 3. The Morgan fingerprint density at radius 3 is 3.00 bits per heavy atom. The fourth-order valence-corrected chi connectivity index (χ4v) is 2.70. The van der Waals surface area contributed by atoms with Gasteiger partial charge in [0.2, 0.25) is 0 Å². The second kappa shape index (κ2) is 5.21. The van der Waals surface area contributed by atoms with Gasteiger partial charge < -0.3 is 4.98 Å². The summed E-state index contributed by atoms with van der Waals surface area (Å²) < 4.78 is 1.55. The number of aromatic amines is 1. The van der Waals surface area contributed by atoms with Gasteiger partial charge in [0.05, 0.1) is 4.47 Å². The first-order chi connectivity index (χ1) is 7.72. The highest BCUT2D eigenvalue weighted by Gasteiger charge is 2.07. The van der Waals surface area contributed by atoms with Gasteiger partial charge in [0.15, 0.2) is 0 Å². The SMILES string of the molecule is CCCc1[nH]c(-c2ccsc2)nc(=S)c1Br. The molecule has 0 aliphatic rings. The zero-order chi connectivity index (χ0) is 11.5. The molecule has 0 amide bonds. The van der Waals surface area contributed by atoms with Crippen LogP contribution in [-0.4, -0.2) is 9.97 Å². The summed E-state index contributed by atoms with van der Waals surface area (Å²) in [6, 6.07) is 2.04. The number of aryl methyl sites for hydroxylation is 1. The lowest BCUT2D eigenvalue weighted by molar-refractivity contribution is 0.866. The molecule has 1 N–H and O–H groups in total. The van der Waals surface area contributed by atoms with E-state index in [-0.39, 0.29) is 0 Å². The van der Waals surface area contributed by atoms with E-state index in [0.29, 0.717) is 4.64 Å². The Hall–Kier alpha value is -0.520. The Balaban J connectivity index is 2.53. The van der Waals surface area contributed by atoms with Crippen LogP contribution in [0.1, 0.15) is 19.0 Å². The minimum atomic E-state index is 0.628. The van der Waals surface area contributed by atoms with E-state index in [1.54, 1.807) is 11.3 Å². The van der Waals surface area contributed by atoms with Crippen LogP contribution in [0, 0.1) is 4.64 Å². The highest BCUT2D eigenvalue weighted by molar-refractivity contribution is 9.10. The molecular formula is C11H11BrN2S2. The summed E-state index contributed by atoms with van der Waals surface area (Å²) in [4.78, 5) is 7.72. The van der Waals surface area contributed by atoms with Gasteiger partial charge in [-0.25, -0.2) is 4.98 Å². The molecule has 2 rings (SSSR count). The molecule has 2 heterocycles. The van der Waals surface area contributed by atoms with E-state index in [0.717, 1.165) is 34.4 Å². The van der Waals surface area contributed by atoms with Crippen molar-refractivity contribution in [1.82, 2.24) is 9.97 Å². The Labute approximate surface area is 112 Å². The molecule has 5 heteroatoms. The summed E-state index contributed by atoms with van der Waals surface area (Å²) in [6.07, 6.45) is 2.06. The van der Waals surface area contributed by atoms with Crippen LogP contribution in [0.25, 0.3) is 11.4 Å². The van der Waals surface area contributed by atoms with Gasteiger partial charge in [-0.15, -0.1) is 0 Å². The van der Waals surface area contributed by atoms with Gasteiger partial charge in [0.25, 0.3) is 0 Å². The molecule has 0 aliphatic heterocycles. The smallest absolute Gasteiger partial charge is 0.144 e. The van der Waals surface area contributed by atoms with Crippen molar-refractivity contribution in [3.8, 4) is 11.4 Å². The highest BCUT2D eigenvalue weighted by atomic mass is 79.9. The molecule has 0 aromatic carbocycles. The minimum Gasteiger partial charge on any atom is -0.342 e. The first kappa shape index (κ1) is 12.0. The Morgan fingerprint density at radius 1 is 1.56 bits per heavy atom. The number of hydrogen-bond donors (Lipinski definition) is 1. The predicted octanol–water partition coefficient (Wildman–Crippen LogP) is 4.58. The van der Waals surface area contributed by atoms with Crippen LogP contribution in [0.4, 0.5) is 0 Å². The fourth-order valence-electron chi connectivity index (χ4n) is 1.46. The zero-order valence-electron chi connectivity index (χ0n) is 8.79. The molecule has 0 bridgehead atoms. The maximum Gasteiger partial charge on any atom is 0.144 e. The lowest BCUT2D eigenvalue weighted by Gasteiger charge is -2.06. The van der Waals surface area contributed by atoms with E-state index in [2.05, 4.69) is 38.2 Å². The van der Waals surface area contributed by atoms with E-state index >= 15 is 0 Å². The topological polar surface area (TPSA) is 28.7 Å². The molecule has 0 fully saturated rings. The third kappa shape index (κ3) is 2.42. The van der Waals surface area contributed by atoms with Crippen LogP contribution in [0.15, 0.2) is 21.3 Å². The first-order valence-electron chi connectivity index (χ1n) is 5.03. The molecule has 0 spiro atoms. The van der Waals surface area contributed by atoms with Gasteiger partial charge >= 0.3 is 0 Å². The number of nitrogens with one attached hydrogen (secondary N) is 1. The van der Waals surface area contributed by atoms with Crippen LogP contribution < -0.4 is 0 Å². The second-order valence-corrected chi connectivity index (χ2v) is 5.40. The van der Waals surface area contributed by atoms with E-state index in [1.165, 1.54) is 0 Å². The molecular weight excluding hydrogens is 304 g/mol. The van der Waals surface area contributed by atoms with Crippen molar-refractivity contribution in [2.75, 3.05) is 0 Å². The van der Waals surface area contributed by atoms with Crippen LogP contribution in [0.2, 0.25) is 0 Å². The van der Waals surface area contributed by atoms with Gasteiger partial charge in [0.1, 0.15) is 10.5 Å². The third-order valence-electron chi connectivity index (χ3n) is 2.23. The van der Waals surface area contributed by atoms with Crippen LogP contribution >= 0.6 is 39.5 Å². The first-order valence-corrected chi connectivity index (χ1v) is 7.18. The van der Waals surface area contributed by atoms with Crippen LogP contribution in [0.3, 0.4) is 0 Å². The van der Waals surface area contributed by atoms with Crippen LogP contribution in [0.5, 0.6) is 0 Å². The second-order valence-electron chi connectivity index (χ2n) is 3.45. The summed E-state index contributed by atoms with van der Waals surface area (Å²) in [5.41, 5.74) is 2.23. The van der Waals surface area contributed by atoms with Gasteiger partial charge in [-0.2, -0.15) is 11.3 Å². The lowest BCUT2D eigenvalue weighted by Crippen LogP contribution is -1.97. The summed E-state index contributed by atoms with van der Waals surface area (Å²) in [6.45, 7) is 2.15. The van der Waals surface area contributed by atoms with Crippen molar-refractivity contribution < 1.29 is 0 Å². The molecule has 0 unspecified atom stereocenters. The van der Waals surface area contributed by atoms with E-state index in [4.69, 9.17) is 12.2 Å². The standard InChI is InChI=1S/C11H11BrN2S2/c1-2-3-8-9(12)11(15)14-10(13-8)7-4-5-16-6-7/h4-6H,2-3H2,1H3,(H,13,14,15). The molecule has 2 nitrogen and oxygen atoms in total. The van der Waals surface area contributed by atoms with E-state index < -0.39 is 0 Å². The van der Waals surface area contributed by atoms with Crippen molar-refractivity contribution in [2.24, 2.45) is 0 Å². The van der Waals surface area contributed by atoms with Crippen molar-refractivity contribution >= 4 is 39.5 Å². The highest BCUT2D eigenvalue weighted by Crippen LogP contribution is 2.23. The summed E-state index contributed by atoms with van der Waals surface area (Å²) in [7, 11) is 0. The Bertz CT molecular complexity index is 531. The Morgan fingerprint density at radius 2 is 2.38 bits per heavy atom. The normalized spacial score (nSPS) is 10.6. The Kier molecular flexibility index (Phi) is 3.89. The molecule has 0 aliphatic carbocycles. The van der Waals surface area contributed by atoms with Gasteiger partial charge in [0, 0.05) is 16.6 Å². The largest absolute Gasteiger partial charge is 0.342 e. The van der Waals surface area contributed by atoms with Crippen molar-refractivity contribution in [3.63, 3.8) is 0 Å². The van der Waals surface area contributed by atoms with Crippen molar-refractivity contribution in [2.45, 2.75) is 19.8 Å². The maximum absolute atomic E-state index is 5.24. The predicted molar refractivity (Wildman–Crippen MR) is 74.4 cm³/mol. The van der Waals surface area contributed by atoms with E-state index in [9.17, 15) is 0 Å². The average molecular weight is 315 g/mol. The number of thiophene rings is 1. The van der Waals surface area contributed by atoms with Gasteiger partial charge in [-0.05, 0) is 33.8 Å². The number of aromatic nitrogens is 2. The van der Waals surface area contributed by atoms with Crippen molar-refractivity contribution in [3.05, 3.63) is 31.6 Å². The third-order valence-corrected chi connectivity index (χ3v) is 4.33. The molecule has 0 saturated heterocycles. The average Bonchev–Trinajstić information content (AvgIpc) is 2.78. The molecule has 84 valence electrons. The van der Waals surface area contributed by atoms with Crippen molar-refractivity contribution in [1.29, 1.82) is 0 Å². The number of nitrogens with zero attached hydrogens (tertiary/aromatic N) is 1. The molecule has 2 aromatic heterocycles. The van der Waals surface area contributed by atoms with Gasteiger partial charge in [-0.3, -0.25) is 0 Å². The van der Waals surface area contributed by atoms with Gasteiger partial charge in [-0.1, -0.05) is 25.6 Å². The monoisotopic (exact) mass is 314 g/mol. The summed E-state index contributed by atoms with van der Waals surface area (Å²) >= 11 is 10.4. The molecule has 0 atom stereocenters. The maximum atomic E-state index is 5.24. The van der Waals surface area contributed by atoms with E-state index in [1.807, 2.05) is 11.4 Å². The molecule has 0 radical (unpaired) electrons. The molecule has 16 heavy (non-hydrogen) atoms. The lowest BCUT2D eigenvalue weighted by atomic mass is 10.2. The fraction of sp³-hybridized carbons (Fsp3) is 0.273. The molecule has 2 aromatic rings. The number of hydrogen-bond acceptors (Lipinski definition) is 3. The minimum absolute atomic E-state index is 0.628. The zero-order valence-corrected chi connectivity index (χ0v) is 12.0. The number of halogens is 1. The quantitative estimate of drug-likeness (QED) is 0.840. The number of H-pyrrole nitrogens is 1. The summed E-state index contributed by atoms with van der Waals surface area (Å²) in [5, 5.41) is 4.10.